The van der Waals surface area contributed by atoms with E-state index >= 15 is 0 Å². The van der Waals surface area contributed by atoms with Crippen LogP contribution in [-0.4, -0.2) is 35.6 Å². The lowest BCUT2D eigenvalue weighted by molar-refractivity contribution is 0.0723. The van der Waals surface area contributed by atoms with E-state index < -0.39 is 0 Å². The highest BCUT2D eigenvalue weighted by atomic mass is 16.5. The lowest BCUT2D eigenvalue weighted by Gasteiger charge is -2.31. The molecule has 3 aromatic rings. The maximum absolute atomic E-state index is 13.6. The fourth-order valence-electron chi connectivity index (χ4n) is 4.46. The molecular weight excluding hydrogens is 410 g/mol. The Morgan fingerprint density at radius 3 is 2.39 bits per heavy atom. The van der Waals surface area contributed by atoms with Gasteiger partial charge in [-0.2, -0.15) is 0 Å². The Hall–Kier alpha value is -3.08. The fourth-order valence-corrected chi connectivity index (χ4v) is 4.46. The number of aromatic nitrogens is 1. The van der Waals surface area contributed by atoms with Gasteiger partial charge in [0.1, 0.15) is 5.69 Å². The molecule has 0 N–H and O–H groups in total. The van der Waals surface area contributed by atoms with Crippen LogP contribution in [-0.2, 0) is 6.54 Å². The second-order valence-electron chi connectivity index (χ2n) is 9.80. The third-order valence-electron chi connectivity index (χ3n) is 6.41. The number of hydrogen-bond acceptors (Lipinski definition) is 4. The first-order chi connectivity index (χ1) is 15.9. The Balaban J connectivity index is 1.71. The van der Waals surface area contributed by atoms with Crippen molar-refractivity contribution < 1.29 is 9.32 Å². The summed E-state index contributed by atoms with van der Waals surface area (Å²) >= 11 is 0. The monoisotopic (exact) mass is 445 g/mol. The topological polar surface area (TPSA) is 49.6 Å². The summed E-state index contributed by atoms with van der Waals surface area (Å²) in [5, 5.41) is 4.50. The highest BCUT2D eigenvalue weighted by Gasteiger charge is 2.28. The third-order valence-corrected chi connectivity index (χ3v) is 6.41. The molecular formula is C28H35N3O2. The second kappa shape index (κ2) is 10.2. The van der Waals surface area contributed by atoms with Crippen LogP contribution in [0, 0.1) is 18.8 Å². The fraction of sp³-hybridized carbons (Fsp3) is 0.429. The van der Waals surface area contributed by atoms with E-state index in [1.54, 1.807) is 0 Å². The van der Waals surface area contributed by atoms with Gasteiger partial charge in [-0.05, 0) is 43.7 Å². The Labute approximate surface area is 197 Å². The van der Waals surface area contributed by atoms with Gasteiger partial charge in [0.15, 0.2) is 0 Å². The van der Waals surface area contributed by atoms with E-state index in [0.29, 0.717) is 24.6 Å². The molecule has 1 amide bonds. The molecule has 1 aliphatic rings. The Kier molecular flexibility index (Phi) is 7.17. The summed E-state index contributed by atoms with van der Waals surface area (Å²) in [5.74, 6) is 1.92. The smallest absolute Gasteiger partial charge is 0.254 e. The standard InChI is InChI=1S/C28H35N3O2/c1-20(2)18-31(27(32)24-12-10-21(3)11-13-24)19-25-26(23-8-6-5-7-9-23)29-33-28(25)30-16-14-22(4)15-17-30/h5-13,20,22H,14-19H2,1-4H3. The number of anilines is 1. The average molecular weight is 446 g/mol. The molecule has 5 heteroatoms. The predicted molar refractivity (Wildman–Crippen MR) is 133 cm³/mol. The molecule has 1 fully saturated rings. The summed E-state index contributed by atoms with van der Waals surface area (Å²) in [6.45, 7) is 11.7. The van der Waals surface area contributed by atoms with E-state index in [1.165, 1.54) is 0 Å². The van der Waals surface area contributed by atoms with Gasteiger partial charge in [0.25, 0.3) is 5.91 Å². The number of rotatable bonds is 7. The molecule has 33 heavy (non-hydrogen) atoms. The van der Waals surface area contributed by atoms with Crippen molar-refractivity contribution in [2.75, 3.05) is 24.5 Å². The number of carbonyl (C=O) groups is 1. The number of nitrogens with zero attached hydrogens (tertiary/aromatic N) is 3. The maximum Gasteiger partial charge on any atom is 0.254 e. The summed E-state index contributed by atoms with van der Waals surface area (Å²) in [6.07, 6.45) is 2.28. The molecule has 0 atom stereocenters. The number of carbonyl (C=O) groups excluding carboxylic acids is 1. The van der Waals surface area contributed by atoms with Crippen molar-refractivity contribution in [1.82, 2.24) is 10.1 Å². The largest absolute Gasteiger partial charge is 0.340 e. The molecule has 5 nitrogen and oxygen atoms in total. The molecule has 0 saturated carbocycles. The van der Waals surface area contributed by atoms with Crippen molar-refractivity contribution in [3.8, 4) is 11.3 Å². The molecule has 0 aliphatic carbocycles. The summed E-state index contributed by atoms with van der Waals surface area (Å²) in [5.41, 5.74) is 4.70. The highest BCUT2D eigenvalue weighted by Crippen LogP contribution is 2.35. The van der Waals surface area contributed by atoms with Crippen LogP contribution in [0.3, 0.4) is 0 Å². The van der Waals surface area contributed by atoms with E-state index in [2.05, 4.69) is 43.0 Å². The minimum absolute atomic E-state index is 0.0436. The quantitative estimate of drug-likeness (QED) is 0.435. The van der Waals surface area contributed by atoms with E-state index in [1.807, 2.05) is 54.3 Å². The van der Waals surface area contributed by atoms with Gasteiger partial charge in [-0.15, -0.1) is 0 Å². The molecule has 0 bridgehead atoms. The lowest BCUT2D eigenvalue weighted by Crippen LogP contribution is -2.36. The molecule has 174 valence electrons. The van der Waals surface area contributed by atoms with Crippen molar-refractivity contribution in [3.63, 3.8) is 0 Å². The second-order valence-corrected chi connectivity index (χ2v) is 9.80. The van der Waals surface area contributed by atoms with Crippen LogP contribution in [0.25, 0.3) is 11.3 Å². The van der Waals surface area contributed by atoms with Gasteiger partial charge in [0.05, 0.1) is 12.1 Å². The van der Waals surface area contributed by atoms with Gasteiger partial charge >= 0.3 is 0 Å². The van der Waals surface area contributed by atoms with Crippen LogP contribution in [0.4, 0.5) is 5.88 Å². The first-order valence-corrected chi connectivity index (χ1v) is 12.1. The first-order valence-electron chi connectivity index (χ1n) is 12.1. The molecule has 4 rings (SSSR count). The zero-order valence-electron chi connectivity index (χ0n) is 20.3. The Morgan fingerprint density at radius 1 is 1.09 bits per heavy atom. The van der Waals surface area contributed by atoms with Crippen molar-refractivity contribution in [1.29, 1.82) is 0 Å². The van der Waals surface area contributed by atoms with Gasteiger partial charge in [-0.3, -0.25) is 4.79 Å². The summed E-state index contributed by atoms with van der Waals surface area (Å²) in [4.78, 5) is 17.8. The van der Waals surface area contributed by atoms with Gasteiger partial charge < -0.3 is 14.3 Å². The van der Waals surface area contributed by atoms with Gasteiger partial charge in [0.2, 0.25) is 5.88 Å². The maximum atomic E-state index is 13.6. The van der Waals surface area contributed by atoms with Crippen molar-refractivity contribution in [3.05, 3.63) is 71.3 Å². The molecule has 0 unspecified atom stereocenters. The molecule has 0 spiro atoms. The number of aryl methyl sites for hydroxylation is 1. The number of benzene rings is 2. The minimum atomic E-state index is 0.0436. The van der Waals surface area contributed by atoms with E-state index in [4.69, 9.17) is 4.52 Å². The average Bonchev–Trinajstić information content (AvgIpc) is 3.23. The molecule has 1 aromatic heterocycles. The normalized spacial score (nSPS) is 14.6. The van der Waals surface area contributed by atoms with Crippen LogP contribution < -0.4 is 4.90 Å². The predicted octanol–water partition coefficient (Wildman–Crippen LogP) is 6.18. The van der Waals surface area contributed by atoms with E-state index in [9.17, 15) is 4.79 Å². The SMILES string of the molecule is Cc1ccc(C(=O)N(Cc2c(-c3ccccc3)noc2N2CCC(C)CC2)CC(C)C)cc1. The minimum Gasteiger partial charge on any atom is -0.340 e. The number of amides is 1. The molecule has 1 aliphatic heterocycles. The molecule has 0 radical (unpaired) electrons. The Bertz CT molecular complexity index is 1050. The molecule has 2 heterocycles. The van der Waals surface area contributed by atoms with Crippen LogP contribution in [0.1, 0.15) is 55.1 Å². The zero-order chi connectivity index (χ0) is 23.4. The van der Waals surface area contributed by atoms with Crippen LogP contribution in [0.5, 0.6) is 0 Å². The molecule has 1 saturated heterocycles. The van der Waals surface area contributed by atoms with Crippen molar-refractivity contribution in [2.45, 2.75) is 47.1 Å². The van der Waals surface area contributed by atoms with Crippen LogP contribution >= 0.6 is 0 Å². The van der Waals surface area contributed by atoms with Gasteiger partial charge in [-0.25, -0.2) is 0 Å². The number of piperidine rings is 1. The first kappa shape index (κ1) is 23.1. The summed E-state index contributed by atoms with van der Waals surface area (Å²) in [7, 11) is 0. The zero-order valence-corrected chi connectivity index (χ0v) is 20.3. The summed E-state index contributed by atoms with van der Waals surface area (Å²) < 4.78 is 5.97. The third kappa shape index (κ3) is 5.47. The highest BCUT2D eigenvalue weighted by molar-refractivity contribution is 5.94. The van der Waals surface area contributed by atoms with Gasteiger partial charge in [0, 0.05) is 30.8 Å². The van der Waals surface area contributed by atoms with Gasteiger partial charge in [-0.1, -0.05) is 74.0 Å². The molecule has 2 aromatic carbocycles. The Morgan fingerprint density at radius 2 is 1.76 bits per heavy atom. The van der Waals surface area contributed by atoms with Crippen LogP contribution in [0.2, 0.25) is 0 Å². The van der Waals surface area contributed by atoms with Crippen molar-refractivity contribution >= 4 is 11.8 Å². The van der Waals surface area contributed by atoms with E-state index in [0.717, 1.165) is 60.1 Å². The summed E-state index contributed by atoms with van der Waals surface area (Å²) in [6, 6.07) is 18.0. The van der Waals surface area contributed by atoms with Crippen molar-refractivity contribution in [2.24, 2.45) is 11.8 Å². The van der Waals surface area contributed by atoms with Crippen LogP contribution in [0.15, 0.2) is 59.1 Å². The van der Waals surface area contributed by atoms with E-state index in [-0.39, 0.29) is 5.91 Å². The lowest BCUT2D eigenvalue weighted by atomic mass is 9.98. The number of hydrogen-bond donors (Lipinski definition) is 0.